The molecule has 5 heteroatoms. The summed E-state index contributed by atoms with van der Waals surface area (Å²) in [7, 11) is 0. The third-order valence-corrected chi connectivity index (χ3v) is 3.89. The van der Waals surface area contributed by atoms with E-state index in [2.05, 4.69) is 21.2 Å². The number of hydrogen-bond acceptors (Lipinski definition) is 2. The molecule has 0 heterocycles. The van der Waals surface area contributed by atoms with Crippen LogP contribution in [0.2, 0.25) is 0 Å². The molecule has 0 aliphatic heterocycles. The van der Waals surface area contributed by atoms with Crippen LogP contribution in [0.15, 0.2) is 46.9 Å². The van der Waals surface area contributed by atoms with Gasteiger partial charge in [-0.25, -0.2) is 0 Å². The minimum atomic E-state index is -0.0670. The van der Waals surface area contributed by atoms with Crippen molar-refractivity contribution in [1.29, 1.82) is 0 Å². The van der Waals surface area contributed by atoms with Crippen LogP contribution in [0.5, 0.6) is 0 Å². The maximum atomic E-state index is 12.1. The van der Waals surface area contributed by atoms with Gasteiger partial charge in [0.15, 0.2) is 0 Å². The number of halogens is 1. The van der Waals surface area contributed by atoms with Gasteiger partial charge in [0.2, 0.25) is 5.91 Å². The number of nitrogens with one attached hydrogen (secondary N) is 1. The zero-order valence-electron chi connectivity index (χ0n) is 11.5. The molecule has 0 aromatic heterocycles. The molecule has 108 valence electrons. The van der Waals surface area contributed by atoms with Gasteiger partial charge < -0.3 is 11.1 Å². The van der Waals surface area contributed by atoms with Crippen LogP contribution in [0.1, 0.15) is 16.7 Å². The van der Waals surface area contributed by atoms with E-state index in [0.717, 1.165) is 26.9 Å². The maximum absolute atomic E-state index is 12.1. The van der Waals surface area contributed by atoms with Crippen LogP contribution in [0, 0.1) is 6.92 Å². The van der Waals surface area contributed by atoms with E-state index in [1.807, 2.05) is 49.4 Å². The van der Waals surface area contributed by atoms with E-state index in [4.69, 9.17) is 18.0 Å². The minimum Gasteiger partial charge on any atom is -0.389 e. The van der Waals surface area contributed by atoms with Crippen LogP contribution < -0.4 is 11.1 Å². The zero-order chi connectivity index (χ0) is 15.4. The van der Waals surface area contributed by atoms with Crippen molar-refractivity contribution in [1.82, 2.24) is 0 Å². The fourth-order valence-electron chi connectivity index (χ4n) is 1.89. The second kappa shape index (κ2) is 6.83. The van der Waals surface area contributed by atoms with Crippen molar-refractivity contribution in [3.8, 4) is 0 Å². The molecule has 2 aromatic carbocycles. The first-order valence-electron chi connectivity index (χ1n) is 6.40. The molecule has 21 heavy (non-hydrogen) atoms. The molecule has 0 radical (unpaired) electrons. The first-order valence-corrected chi connectivity index (χ1v) is 7.60. The smallest absolute Gasteiger partial charge is 0.228 e. The lowest BCUT2D eigenvalue weighted by Gasteiger charge is -2.08. The molecule has 0 aliphatic rings. The molecule has 0 atom stereocenters. The van der Waals surface area contributed by atoms with Gasteiger partial charge in [0, 0.05) is 10.0 Å². The number of amides is 1. The van der Waals surface area contributed by atoms with E-state index in [1.54, 1.807) is 0 Å². The maximum Gasteiger partial charge on any atom is 0.228 e. The topological polar surface area (TPSA) is 55.1 Å². The summed E-state index contributed by atoms with van der Waals surface area (Å²) in [5.74, 6) is -0.0670. The van der Waals surface area contributed by atoms with E-state index in [9.17, 15) is 4.79 Å². The van der Waals surface area contributed by atoms with Crippen LogP contribution in [0.25, 0.3) is 0 Å². The molecule has 1 amide bonds. The fourth-order valence-corrected chi connectivity index (χ4v) is 2.62. The highest BCUT2D eigenvalue weighted by Crippen LogP contribution is 2.23. The predicted octanol–water partition coefficient (Wildman–Crippen LogP) is 3.57. The van der Waals surface area contributed by atoms with Gasteiger partial charge >= 0.3 is 0 Å². The Balaban J connectivity index is 2.02. The lowest BCUT2D eigenvalue weighted by Crippen LogP contribution is -2.15. The molecule has 0 fully saturated rings. The van der Waals surface area contributed by atoms with Gasteiger partial charge in [0.05, 0.1) is 12.1 Å². The number of nitrogens with two attached hydrogens (primary N) is 1. The molecule has 0 aliphatic carbocycles. The lowest BCUT2D eigenvalue weighted by molar-refractivity contribution is -0.115. The van der Waals surface area contributed by atoms with Crippen LogP contribution in [-0.2, 0) is 11.2 Å². The van der Waals surface area contributed by atoms with Crippen molar-refractivity contribution >= 4 is 44.7 Å². The Labute approximate surface area is 137 Å². The van der Waals surface area contributed by atoms with Crippen molar-refractivity contribution in [3.63, 3.8) is 0 Å². The Morgan fingerprint density at radius 3 is 2.48 bits per heavy atom. The molecule has 3 N–H and O–H groups in total. The van der Waals surface area contributed by atoms with E-state index in [-0.39, 0.29) is 5.91 Å². The quantitative estimate of drug-likeness (QED) is 0.817. The summed E-state index contributed by atoms with van der Waals surface area (Å²) >= 11 is 8.34. The summed E-state index contributed by atoms with van der Waals surface area (Å²) in [5.41, 5.74) is 9.16. The Morgan fingerprint density at radius 2 is 1.90 bits per heavy atom. The molecule has 0 spiro atoms. The molecule has 0 saturated carbocycles. The third-order valence-electron chi connectivity index (χ3n) is 3.00. The predicted molar refractivity (Wildman–Crippen MR) is 93.5 cm³/mol. The van der Waals surface area contributed by atoms with Gasteiger partial charge in [-0.1, -0.05) is 42.5 Å². The highest BCUT2D eigenvalue weighted by Gasteiger charge is 2.07. The van der Waals surface area contributed by atoms with Crippen LogP contribution in [0.4, 0.5) is 5.69 Å². The number of carbonyl (C=O) groups is 1. The normalized spacial score (nSPS) is 10.2. The molecule has 0 bridgehead atoms. The van der Waals surface area contributed by atoms with Crippen molar-refractivity contribution in [2.24, 2.45) is 5.73 Å². The Bertz CT molecular complexity index is 683. The number of rotatable bonds is 4. The van der Waals surface area contributed by atoms with E-state index >= 15 is 0 Å². The molecule has 0 saturated heterocycles. The molecular weight excluding hydrogens is 348 g/mol. The van der Waals surface area contributed by atoms with Crippen molar-refractivity contribution < 1.29 is 4.79 Å². The average Bonchev–Trinajstić information content (AvgIpc) is 2.42. The fraction of sp³-hybridized carbons (Fsp3) is 0.125. The molecule has 3 nitrogen and oxygen atoms in total. The number of hydrogen-bond donors (Lipinski definition) is 2. The summed E-state index contributed by atoms with van der Waals surface area (Å²) in [4.78, 5) is 12.4. The summed E-state index contributed by atoms with van der Waals surface area (Å²) in [5, 5.41) is 2.89. The first-order chi connectivity index (χ1) is 9.95. The standard InChI is InChI=1S/C16H15BrN2OS/c1-10-2-7-14(13(17)8-10)19-15(20)9-11-3-5-12(6-4-11)16(18)21/h2-8H,9H2,1H3,(H2,18,21)(H,19,20). The number of aryl methyl sites for hydroxylation is 1. The van der Waals surface area contributed by atoms with E-state index in [0.29, 0.717) is 11.4 Å². The Hall–Kier alpha value is -1.72. The van der Waals surface area contributed by atoms with Crippen molar-refractivity contribution in [3.05, 3.63) is 63.6 Å². The lowest BCUT2D eigenvalue weighted by atomic mass is 10.1. The van der Waals surface area contributed by atoms with E-state index < -0.39 is 0 Å². The average molecular weight is 363 g/mol. The second-order valence-corrected chi connectivity index (χ2v) is 6.06. The summed E-state index contributed by atoms with van der Waals surface area (Å²) in [6.45, 7) is 2.00. The molecule has 2 rings (SSSR count). The number of thiocarbonyl (C=S) groups is 1. The number of benzene rings is 2. The van der Waals surface area contributed by atoms with Gasteiger partial charge in [-0.05, 0) is 46.1 Å². The molecule has 2 aromatic rings. The monoisotopic (exact) mass is 362 g/mol. The van der Waals surface area contributed by atoms with Gasteiger partial charge in [-0.3, -0.25) is 4.79 Å². The van der Waals surface area contributed by atoms with Gasteiger partial charge in [-0.15, -0.1) is 0 Å². The zero-order valence-corrected chi connectivity index (χ0v) is 13.9. The highest BCUT2D eigenvalue weighted by atomic mass is 79.9. The third kappa shape index (κ3) is 4.37. The molecular formula is C16H15BrN2OS. The van der Waals surface area contributed by atoms with Crippen molar-refractivity contribution in [2.45, 2.75) is 13.3 Å². The van der Waals surface area contributed by atoms with Gasteiger partial charge in [0.1, 0.15) is 4.99 Å². The van der Waals surface area contributed by atoms with Crippen molar-refractivity contribution in [2.75, 3.05) is 5.32 Å². The van der Waals surface area contributed by atoms with Crippen LogP contribution in [-0.4, -0.2) is 10.9 Å². The largest absolute Gasteiger partial charge is 0.389 e. The van der Waals surface area contributed by atoms with E-state index in [1.165, 1.54) is 0 Å². The highest BCUT2D eigenvalue weighted by molar-refractivity contribution is 9.10. The number of anilines is 1. The Morgan fingerprint density at radius 1 is 1.24 bits per heavy atom. The second-order valence-electron chi connectivity index (χ2n) is 4.77. The van der Waals surface area contributed by atoms with Crippen LogP contribution in [0.3, 0.4) is 0 Å². The molecule has 0 unspecified atom stereocenters. The van der Waals surface area contributed by atoms with Crippen LogP contribution >= 0.6 is 28.1 Å². The first kappa shape index (κ1) is 15.7. The van der Waals surface area contributed by atoms with Gasteiger partial charge in [-0.2, -0.15) is 0 Å². The SMILES string of the molecule is Cc1ccc(NC(=O)Cc2ccc(C(N)=S)cc2)c(Br)c1. The summed E-state index contributed by atoms with van der Waals surface area (Å²) in [6.07, 6.45) is 0.304. The Kier molecular flexibility index (Phi) is 5.09. The minimum absolute atomic E-state index is 0.0670. The van der Waals surface area contributed by atoms with Gasteiger partial charge in [0.25, 0.3) is 0 Å². The number of carbonyl (C=O) groups excluding carboxylic acids is 1. The summed E-state index contributed by atoms with van der Waals surface area (Å²) in [6, 6.07) is 13.2. The summed E-state index contributed by atoms with van der Waals surface area (Å²) < 4.78 is 0.875.